The van der Waals surface area contributed by atoms with Crippen LogP contribution in [0, 0.1) is 0 Å². The molecular weight excluding hydrogens is 220 g/mol. The number of nitrogens with zero attached hydrogens (tertiary/aromatic N) is 3. The number of nitrogens with one attached hydrogen (secondary N) is 1. The van der Waals surface area contributed by atoms with Crippen molar-refractivity contribution in [1.82, 2.24) is 14.9 Å². The van der Waals surface area contributed by atoms with Gasteiger partial charge in [0.2, 0.25) is 0 Å². The first-order chi connectivity index (χ1) is 8.30. The third-order valence-corrected chi connectivity index (χ3v) is 2.28. The highest BCUT2D eigenvalue weighted by atomic mass is 16.3. The van der Waals surface area contributed by atoms with Crippen LogP contribution in [-0.2, 0) is 6.54 Å². The number of anilines is 1. The van der Waals surface area contributed by atoms with Gasteiger partial charge in [0, 0.05) is 26.2 Å². The van der Waals surface area contributed by atoms with Crippen molar-refractivity contribution >= 4 is 5.82 Å². The van der Waals surface area contributed by atoms with Gasteiger partial charge in [-0.25, -0.2) is 4.98 Å². The Morgan fingerprint density at radius 2 is 1.88 bits per heavy atom. The summed E-state index contributed by atoms with van der Waals surface area (Å²) in [6, 6.07) is 0. The lowest BCUT2D eigenvalue weighted by atomic mass is 10.3. The number of aromatic nitrogens is 2. The smallest absolute Gasteiger partial charge is 0.144 e. The molecule has 1 aromatic rings. The minimum atomic E-state index is 0.0723. The van der Waals surface area contributed by atoms with Crippen molar-refractivity contribution in [3.05, 3.63) is 18.1 Å². The minimum Gasteiger partial charge on any atom is -0.395 e. The molecule has 0 fully saturated rings. The summed E-state index contributed by atoms with van der Waals surface area (Å²) >= 11 is 0. The van der Waals surface area contributed by atoms with Crippen molar-refractivity contribution in [2.75, 3.05) is 38.2 Å². The van der Waals surface area contributed by atoms with Gasteiger partial charge in [-0.2, -0.15) is 0 Å². The zero-order chi connectivity index (χ0) is 12.5. The van der Waals surface area contributed by atoms with Crippen LogP contribution in [0.15, 0.2) is 12.4 Å². The van der Waals surface area contributed by atoms with E-state index in [1.165, 1.54) is 0 Å². The Kier molecular flexibility index (Phi) is 6.46. The Balaban J connectivity index is 2.53. The fraction of sp³-hybridized carbons (Fsp3) is 0.636. The van der Waals surface area contributed by atoms with E-state index in [1.807, 2.05) is 11.8 Å². The number of aliphatic hydroxyl groups excluding tert-OH is 2. The van der Waals surface area contributed by atoms with Gasteiger partial charge < -0.3 is 15.5 Å². The summed E-state index contributed by atoms with van der Waals surface area (Å²) in [4.78, 5) is 10.4. The zero-order valence-electron chi connectivity index (χ0n) is 10.1. The molecule has 96 valence electrons. The topological polar surface area (TPSA) is 81.5 Å². The average Bonchev–Trinajstić information content (AvgIpc) is 2.33. The van der Waals surface area contributed by atoms with Crippen LogP contribution in [0.3, 0.4) is 0 Å². The van der Waals surface area contributed by atoms with Gasteiger partial charge in [-0.15, -0.1) is 0 Å². The van der Waals surface area contributed by atoms with Crippen LogP contribution in [0.25, 0.3) is 0 Å². The van der Waals surface area contributed by atoms with Crippen LogP contribution >= 0.6 is 0 Å². The first-order valence-corrected chi connectivity index (χ1v) is 5.79. The summed E-state index contributed by atoms with van der Waals surface area (Å²) < 4.78 is 0. The summed E-state index contributed by atoms with van der Waals surface area (Å²) in [5.41, 5.74) is 0.827. The van der Waals surface area contributed by atoms with E-state index in [1.54, 1.807) is 12.4 Å². The van der Waals surface area contributed by atoms with E-state index in [9.17, 15) is 0 Å². The maximum Gasteiger partial charge on any atom is 0.144 e. The van der Waals surface area contributed by atoms with Crippen LogP contribution in [-0.4, -0.2) is 57.9 Å². The summed E-state index contributed by atoms with van der Waals surface area (Å²) in [5.74, 6) is 0.757. The molecule has 0 amide bonds. The molecule has 0 radical (unpaired) electrons. The van der Waals surface area contributed by atoms with Crippen LogP contribution in [0.5, 0.6) is 0 Å². The summed E-state index contributed by atoms with van der Waals surface area (Å²) in [6.45, 7) is 4.59. The highest BCUT2D eigenvalue weighted by Crippen LogP contribution is 2.03. The lowest BCUT2D eigenvalue weighted by Gasteiger charge is -2.19. The number of hydrogen-bond donors (Lipinski definition) is 3. The second kappa shape index (κ2) is 7.94. The monoisotopic (exact) mass is 240 g/mol. The van der Waals surface area contributed by atoms with Crippen molar-refractivity contribution < 1.29 is 10.2 Å². The van der Waals surface area contributed by atoms with E-state index < -0.39 is 0 Å². The van der Waals surface area contributed by atoms with Crippen molar-refractivity contribution in [3.8, 4) is 0 Å². The Morgan fingerprint density at radius 1 is 1.18 bits per heavy atom. The molecule has 1 rings (SSSR count). The zero-order valence-corrected chi connectivity index (χ0v) is 10.1. The second-order valence-corrected chi connectivity index (χ2v) is 3.65. The van der Waals surface area contributed by atoms with Gasteiger partial charge in [-0.3, -0.25) is 9.88 Å². The predicted octanol–water partition coefficient (Wildman–Crippen LogP) is -0.305. The van der Waals surface area contributed by atoms with Crippen LogP contribution in [0.4, 0.5) is 5.82 Å². The molecule has 0 aliphatic heterocycles. The van der Waals surface area contributed by atoms with Crippen molar-refractivity contribution in [1.29, 1.82) is 0 Å². The van der Waals surface area contributed by atoms with E-state index in [0.717, 1.165) is 18.1 Å². The lowest BCUT2D eigenvalue weighted by molar-refractivity contribution is 0.154. The van der Waals surface area contributed by atoms with Crippen molar-refractivity contribution in [2.45, 2.75) is 13.5 Å². The molecule has 0 bridgehead atoms. The maximum absolute atomic E-state index is 8.89. The molecular formula is C11H20N4O2. The van der Waals surface area contributed by atoms with Crippen LogP contribution in [0.1, 0.15) is 12.6 Å². The summed E-state index contributed by atoms with van der Waals surface area (Å²) in [6.07, 6.45) is 3.40. The molecule has 1 aromatic heterocycles. The van der Waals surface area contributed by atoms with Gasteiger partial charge in [0.25, 0.3) is 0 Å². The van der Waals surface area contributed by atoms with Crippen molar-refractivity contribution in [3.63, 3.8) is 0 Å². The van der Waals surface area contributed by atoms with Crippen LogP contribution < -0.4 is 5.32 Å². The Hall–Kier alpha value is -1.24. The normalized spacial score (nSPS) is 10.8. The maximum atomic E-state index is 8.89. The second-order valence-electron chi connectivity index (χ2n) is 3.65. The summed E-state index contributed by atoms with van der Waals surface area (Å²) in [7, 11) is 0. The SMILES string of the molecule is CCNc1cnc(CN(CCO)CCO)cn1. The molecule has 3 N–H and O–H groups in total. The highest BCUT2D eigenvalue weighted by Gasteiger charge is 2.06. The standard InChI is InChI=1S/C11H20N4O2/c1-2-12-11-8-13-10(7-14-11)9-15(3-5-16)4-6-17/h7-8,16-17H,2-6,9H2,1H3,(H,12,14). The fourth-order valence-corrected chi connectivity index (χ4v) is 1.49. The summed E-state index contributed by atoms with van der Waals surface area (Å²) in [5, 5.41) is 20.8. The van der Waals surface area contributed by atoms with E-state index in [2.05, 4.69) is 15.3 Å². The number of hydrogen-bond acceptors (Lipinski definition) is 6. The van der Waals surface area contributed by atoms with Gasteiger partial charge >= 0.3 is 0 Å². The number of rotatable bonds is 8. The van der Waals surface area contributed by atoms with E-state index in [0.29, 0.717) is 19.6 Å². The largest absolute Gasteiger partial charge is 0.395 e. The van der Waals surface area contributed by atoms with Gasteiger partial charge in [0.15, 0.2) is 0 Å². The lowest BCUT2D eigenvalue weighted by Crippen LogP contribution is -2.29. The van der Waals surface area contributed by atoms with E-state index in [-0.39, 0.29) is 13.2 Å². The first-order valence-electron chi connectivity index (χ1n) is 5.79. The molecule has 0 saturated carbocycles. The molecule has 1 heterocycles. The third kappa shape index (κ3) is 5.08. The van der Waals surface area contributed by atoms with Crippen LogP contribution in [0.2, 0.25) is 0 Å². The molecule has 0 saturated heterocycles. The Morgan fingerprint density at radius 3 is 2.35 bits per heavy atom. The molecule has 0 aliphatic carbocycles. The molecule has 0 aliphatic rings. The molecule has 6 nitrogen and oxygen atoms in total. The highest BCUT2D eigenvalue weighted by molar-refractivity contribution is 5.30. The van der Waals surface area contributed by atoms with E-state index in [4.69, 9.17) is 10.2 Å². The molecule has 0 spiro atoms. The van der Waals surface area contributed by atoms with Crippen molar-refractivity contribution in [2.24, 2.45) is 0 Å². The van der Waals surface area contributed by atoms with Gasteiger partial charge in [0.05, 0.1) is 31.3 Å². The van der Waals surface area contributed by atoms with E-state index >= 15 is 0 Å². The average molecular weight is 240 g/mol. The molecule has 0 atom stereocenters. The Bertz CT molecular complexity index is 299. The number of aliphatic hydroxyl groups is 2. The van der Waals surface area contributed by atoms with Gasteiger partial charge in [-0.1, -0.05) is 0 Å². The molecule has 0 unspecified atom stereocenters. The van der Waals surface area contributed by atoms with Gasteiger partial charge in [0.1, 0.15) is 5.82 Å². The molecule has 0 aromatic carbocycles. The molecule has 6 heteroatoms. The molecule has 17 heavy (non-hydrogen) atoms. The fourth-order valence-electron chi connectivity index (χ4n) is 1.49. The quantitative estimate of drug-likeness (QED) is 0.578. The predicted molar refractivity (Wildman–Crippen MR) is 65.6 cm³/mol. The Labute approximate surface area is 101 Å². The third-order valence-electron chi connectivity index (χ3n) is 2.28. The first kappa shape index (κ1) is 13.8. The van der Waals surface area contributed by atoms with Gasteiger partial charge in [-0.05, 0) is 6.92 Å². The minimum absolute atomic E-state index is 0.0723.